The third-order valence-electron chi connectivity index (χ3n) is 4.16. The molecule has 1 atom stereocenters. The molecule has 3 amide bonds. The summed E-state index contributed by atoms with van der Waals surface area (Å²) in [4.78, 5) is 44.8. The van der Waals surface area contributed by atoms with Crippen LogP contribution in [0.25, 0.3) is 0 Å². The van der Waals surface area contributed by atoms with Gasteiger partial charge in [0.2, 0.25) is 11.8 Å². The third kappa shape index (κ3) is 9.04. The average Bonchev–Trinajstić information content (AvgIpc) is 2.68. The van der Waals surface area contributed by atoms with Crippen molar-refractivity contribution in [2.24, 2.45) is 0 Å². The second-order valence-corrected chi connectivity index (χ2v) is 6.52. The Morgan fingerprint density at radius 3 is 2.52 bits per heavy atom. The number of benzene rings is 1. The van der Waals surface area contributed by atoms with Crippen LogP contribution in [0.1, 0.15) is 56.8 Å². The van der Waals surface area contributed by atoms with Crippen molar-refractivity contribution >= 4 is 23.6 Å². The Kier molecular flexibility index (Phi) is 10.1. The Bertz CT molecular complexity index is 737. The minimum Gasteiger partial charge on any atom is -0.441 e. The summed E-state index contributed by atoms with van der Waals surface area (Å²) in [5.74, 6) is -0.195. The van der Waals surface area contributed by atoms with Crippen LogP contribution in [0, 0.1) is 10.1 Å². The first-order valence-electron chi connectivity index (χ1n) is 9.41. The monoisotopic (exact) mass is 408 g/mol. The first-order valence-corrected chi connectivity index (χ1v) is 9.41. The standard InChI is InChI=1S/C19H28N4O6/c1-13(29-19(26)20-3)16-11-15(8-9-17(16)23(27)28)12-22-18(25)7-5-4-6-10-21-14(2)24/h8-9,11,13H,4-7,10,12H2,1-3H3,(H,20,26)(H,21,24)(H,22,25). The van der Waals surface area contributed by atoms with Gasteiger partial charge in [0.25, 0.3) is 5.69 Å². The van der Waals surface area contributed by atoms with E-state index >= 15 is 0 Å². The molecule has 1 aromatic rings. The highest BCUT2D eigenvalue weighted by Crippen LogP contribution is 2.28. The van der Waals surface area contributed by atoms with Crippen LogP contribution in [-0.4, -0.2) is 36.4 Å². The minimum absolute atomic E-state index is 0.0692. The van der Waals surface area contributed by atoms with Crippen LogP contribution in [0.5, 0.6) is 0 Å². The lowest BCUT2D eigenvalue weighted by Gasteiger charge is -2.15. The minimum atomic E-state index is -0.824. The van der Waals surface area contributed by atoms with E-state index < -0.39 is 17.1 Å². The first kappa shape index (κ1) is 23.9. The molecule has 0 spiro atoms. The number of nitro groups is 1. The molecule has 1 rings (SSSR count). The quantitative estimate of drug-likeness (QED) is 0.292. The molecule has 10 nitrogen and oxygen atoms in total. The van der Waals surface area contributed by atoms with E-state index in [0.29, 0.717) is 24.9 Å². The van der Waals surface area contributed by atoms with E-state index in [-0.39, 0.29) is 29.6 Å². The van der Waals surface area contributed by atoms with Gasteiger partial charge in [-0.3, -0.25) is 19.7 Å². The lowest BCUT2D eigenvalue weighted by atomic mass is 10.0. The van der Waals surface area contributed by atoms with Crippen molar-refractivity contribution in [3.05, 3.63) is 39.4 Å². The Morgan fingerprint density at radius 2 is 1.90 bits per heavy atom. The number of rotatable bonds is 11. The Balaban J connectivity index is 2.58. The van der Waals surface area contributed by atoms with E-state index in [1.807, 2.05) is 0 Å². The predicted octanol–water partition coefficient (Wildman–Crippen LogP) is 2.32. The molecular weight excluding hydrogens is 380 g/mol. The molecule has 0 fully saturated rings. The Hall–Kier alpha value is -3.17. The number of unbranched alkanes of at least 4 members (excludes halogenated alkanes) is 2. The van der Waals surface area contributed by atoms with Crippen molar-refractivity contribution in [3.63, 3.8) is 0 Å². The van der Waals surface area contributed by atoms with E-state index in [0.717, 1.165) is 12.8 Å². The summed E-state index contributed by atoms with van der Waals surface area (Å²) in [6.45, 7) is 3.81. The second kappa shape index (κ2) is 12.3. The first-order chi connectivity index (χ1) is 13.7. The Morgan fingerprint density at radius 1 is 1.17 bits per heavy atom. The van der Waals surface area contributed by atoms with Crippen molar-refractivity contribution in [3.8, 4) is 0 Å². The molecule has 0 aromatic heterocycles. The molecule has 0 saturated heterocycles. The fraction of sp³-hybridized carbons (Fsp3) is 0.526. The largest absolute Gasteiger partial charge is 0.441 e. The lowest BCUT2D eigenvalue weighted by Crippen LogP contribution is -2.23. The zero-order chi connectivity index (χ0) is 21.8. The molecule has 3 N–H and O–H groups in total. The van der Waals surface area contributed by atoms with Gasteiger partial charge in [0, 0.05) is 39.5 Å². The summed E-state index contributed by atoms with van der Waals surface area (Å²) in [6.07, 6.45) is 1.17. The van der Waals surface area contributed by atoms with E-state index in [1.165, 1.54) is 20.0 Å². The van der Waals surface area contributed by atoms with E-state index in [9.17, 15) is 24.5 Å². The van der Waals surface area contributed by atoms with Gasteiger partial charge in [-0.2, -0.15) is 0 Å². The van der Waals surface area contributed by atoms with E-state index in [2.05, 4.69) is 16.0 Å². The molecular formula is C19H28N4O6. The van der Waals surface area contributed by atoms with Gasteiger partial charge in [0.05, 0.1) is 10.5 Å². The SMILES string of the molecule is CNC(=O)OC(C)c1cc(CNC(=O)CCCCCNC(C)=O)ccc1[N+](=O)[O-]. The number of hydrogen-bond donors (Lipinski definition) is 3. The van der Waals surface area contributed by atoms with Gasteiger partial charge in [0.15, 0.2) is 0 Å². The normalized spacial score (nSPS) is 11.3. The summed E-state index contributed by atoms with van der Waals surface area (Å²) < 4.78 is 5.09. The van der Waals surface area contributed by atoms with Gasteiger partial charge in [-0.15, -0.1) is 0 Å². The highest BCUT2D eigenvalue weighted by molar-refractivity contribution is 5.75. The highest BCUT2D eigenvalue weighted by Gasteiger charge is 2.22. The number of amides is 3. The predicted molar refractivity (Wildman–Crippen MR) is 106 cm³/mol. The average molecular weight is 408 g/mol. The van der Waals surface area contributed by atoms with Crippen molar-refractivity contribution in [2.45, 2.75) is 52.2 Å². The van der Waals surface area contributed by atoms with Crippen molar-refractivity contribution < 1.29 is 24.0 Å². The number of alkyl carbamates (subject to hydrolysis) is 1. The molecule has 0 bridgehead atoms. The van der Waals surface area contributed by atoms with Gasteiger partial charge >= 0.3 is 6.09 Å². The molecule has 10 heteroatoms. The van der Waals surface area contributed by atoms with Crippen molar-refractivity contribution in [1.82, 2.24) is 16.0 Å². The number of nitro benzene ring substituents is 1. The molecule has 1 aromatic carbocycles. The molecule has 0 saturated carbocycles. The number of carbonyl (C=O) groups excluding carboxylic acids is 3. The maximum Gasteiger partial charge on any atom is 0.407 e. The molecule has 0 aliphatic carbocycles. The van der Waals surface area contributed by atoms with Crippen LogP contribution in [-0.2, 0) is 20.9 Å². The summed E-state index contributed by atoms with van der Waals surface area (Å²) in [6, 6.07) is 4.45. The molecule has 0 aliphatic heterocycles. The number of hydrogen-bond acceptors (Lipinski definition) is 6. The summed E-state index contributed by atoms with van der Waals surface area (Å²) >= 11 is 0. The topological polar surface area (TPSA) is 140 Å². The van der Waals surface area contributed by atoms with Gasteiger partial charge in [-0.25, -0.2) is 4.79 Å². The molecule has 0 radical (unpaired) electrons. The Labute approximate surface area is 169 Å². The molecule has 1 unspecified atom stereocenters. The van der Waals surface area contributed by atoms with E-state index in [4.69, 9.17) is 4.74 Å². The summed E-state index contributed by atoms with van der Waals surface area (Å²) in [5, 5.41) is 19.0. The molecule has 29 heavy (non-hydrogen) atoms. The summed E-state index contributed by atoms with van der Waals surface area (Å²) in [5.41, 5.74) is 0.760. The molecule has 0 heterocycles. The van der Waals surface area contributed by atoms with Gasteiger partial charge in [-0.1, -0.05) is 12.5 Å². The maximum atomic E-state index is 12.0. The van der Waals surface area contributed by atoms with Crippen LogP contribution in [0.15, 0.2) is 18.2 Å². The number of nitrogens with zero attached hydrogens (tertiary/aromatic N) is 1. The van der Waals surface area contributed by atoms with Gasteiger partial charge in [-0.05, 0) is 31.4 Å². The third-order valence-corrected chi connectivity index (χ3v) is 4.16. The second-order valence-electron chi connectivity index (χ2n) is 6.52. The fourth-order valence-electron chi connectivity index (χ4n) is 2.63. The van der Waals surface area contributed by atoms with Crippen molar-refractivity contribution in [1.29, 1.82) is 0 Å². The molecule has 0 aliphatic rings. The highest BCUT2D eigenvalue weighted by atomic mass is 16.6. The van der Waals surface area contributed by atoms with Crippen LogP contribution < -0.4 is 16.0 Å². The summed E-state index contributed by atoms with van der Waals surface area (Å²) in [7, 11) is 1.40. The molecule has 160 valence electrons. The van der Waals surface area contributed by atoms with E-state index in [1.54, 1.807) is 19.1 Å². The van der Waals surface area contributed by atoms with Crippen LogP contribution in [0.3, 0.4) is 0 Å². The lowest BCUT2D eigenvalue weighted by molar-refractivity contribution is -0.386. The number of nitrogens with one attached hydrogen (secondary N) is 3. The fourth-order valence-corrected chi connectivity index (χ4v) is 2.63. The zero-order valence-electron chi connectivity index (χ0n) is 16.9. The smallest absolute Gasteiger partial charge is 0.407 e. The van der Waals surface area contributed by atoms with Crippen molar-refractivity contribution in [2.75, 3.05) is 13.6 Å². The maximum absolute atomic E-state index is 12.0. The van der Waals surface area contributed by atoms with Crippen LogP contribution in [0.2, 0.25) is 0 Å². The van der Waals surface area contributed by atoms with Crippen LogP contribution in [0.4, 0.5) is 10.5 Å². The van der Waals surface area contributed by atoms with Gasteiger partial charge in [0.1, 0.15) is 6.10 Å². The van der Waals surface area contributed by atoms with Gasteiger partial charge < -0.3 is 20.7 Å². The number of carbonyl (C=O) groups is 3. The zero-order valence-corrected chi connectivity index (χ0v) is 16.9. The number of ether oxygens (including phenoxy) is 1. The van der Waals surface area contributed by atoms with Crippen LogP contribution >= 0.6 is 0 Å².